The second-order valence-electron chi connectivity index (χ2n) is 7.36. The van der Waals surface area contributed by atoms with E-state index in [2.05, 4.69) is 24.3 Å². The Balaban J connectivity index is 1.67. The fraction of sp³-hybridized carbons (Fsp3) is 0.450. The average Bonchev–Trinajstić information content (AvgIpc) is 3.08. The van der Waals surface area contributed by atoms with E-state index in [1.165, 1.54) is 5.56 Å². The summed E-state index contributed by atoms with van der Waals surface area (Å²) in [4.78, 5) is 14.1. The number of ether oxygens (including phenoxy) is 1. The first-order chi connectivity index (χ1) is 11.4. The Bertz CT molecular complexity index is 668. The summed E-state index contributed by atoms with van der Waals surface area (Å²) in [6.45, 7) is 7.20. The lowest BCUT2D eigenvalue weighted by molar-refractivity contribution is 0.0198. The largest absolute Gasteiger partial charge is 0.464 e. The summed E-state index contributed by atoms with van der Waals surface area (Å²) < 4.78 is 10.9. The summed E-state index contributed by atoms with van der Waals surface area (Å²) in [7, 11) is 0. The highest BCUT2D eigenvalue weighted by molar-refractivity contribution is 5.68. The number of hydrogen-bond acceptors (Lipinski definition) is 3. The Kier molecular flexibility index (Phi) is 4.65. The van der Waals surface area contributed by atoms with Crippen LogP contribution in [0.5, 0.6) is 0 Å². The molecule has 0 spiro atoms. The molecule has 128 valence electrons. The maximum absolute atomic E-state index is 12.3. The van der Waals surface area contributed by atoms with Crippen molar-refractivity contribution in [1.82, 2.24) is 4.90 Å². The van der Waals surface area contributed by atoms with Crippen molar-refractivity contribution < 1.29 is 13.9 Å². The topological polar surface area (TPSA) is 42.7 Å². The summed E-state index contributed by atoms with van der Waals surface area (Å²) in [5.74, 6) is 1.23. The zero-order valence-corrected chi connectivity index (χ0v) is 14.6. The number of piperidine rings is 1. The number of nitrogens with zero attached hydrogens (tertiary/aromatic N) is 1. The minimum Gasteiger partial charge on any atom is -0.464 e. The first kappa shape index (κ1) is 16.6. The summed E-state index contributed by atoms with van der Waals surface area (Å²) >= 11 is 0. The predicted octanol–water partition coefficient (Wildman–Crippen LogP) is 5.06. The molecule has 1 aliphatic rings. The second kappa shape index (κ2) is 6.71. The molecule has 4 nitrogen and oxygen atoms in total. The molecular formula is C20H25NO3. The van der Waals surface area contributed by atoms with Gasteiger partial charge in [0.05, 0.1) is 6.26 Å². The number of furan rings is 1. The van der Waals surface area contributed by atoms with Crippen molar-refractivity contribution >= 4 is 6.09 Å². The fourth-order valence-electron chi connectivity index (χ4n) is 3.10. The van der Waals surface area contributed by atoms with Gasteiger partial charge < -0.3 is 14.1 Å². The van der Waals surface area contributed by atoms with Gasteiger partial charge in [-0.15, -0.1) is 0 Å². The van der Waals surface area contributed by atoms with Crippen LogP contribution >= 0.6 is 0 Å². The van der Waals surface area contributed by atoms with Gasteiger partial charge in [0.2, 0.25) is 0 Å². The van der Waals surface area contributed by atoms with Gasteiger partial charge in [-0.3, -0.25) is 0 Å². The molecule has 0 aliphatic carbocycles. The SMILES string of the molecule is CC(C)(C)OC(=O)N1CCCC(c2ccc(-c3ccco3)cc2)C1. The van der Waals surface area contributed by atoms with E-state index < -0.39 is 5.60 Å². The summed E-state index contributed by atoms with van der Waals surface area (Å²) in [5, 5.41) is 0. The van der Waals surface area contributed by atoms with Crippen LogP contribution in [0.15, 0.2) is 47.1 Å². The van der Waals surface area contributed by atoms with Crippen molar-refractivity contribution in [3.63, 3.8) is 0 Å². The highest BCUT2D eigenvalue weighted by atomic mass is 16.6. The molecular weight excluding hydrogens is 302 g/mol. The van der Waals surface area contributed by atoms with E-state index in [1.807, 2.05) is 37.8 Å². The van der Waals surface area contributed by atoms with Crippen molar-refractivity contribution in [1.29, 1.82) is 0 Å². The molecule has 24 heavy (non-hydrogen) atoms. The molecule has 0 N–H and O–H groups in total. The van der Waals surface area contributed by atoms with Gasteiger partial charge in [-0.1, -0.05) is 24.3 Å². The Morgan fingerprint density at radius 3 is 2.58 bits per heavy atom. The zero-order chi connectivity index (χ0) is 17.2. The Morgan fingerprint density at radius 1 is 1.21 bits per heavy atom. The number of carbonyl (C=O) groups excluding carboxylic acids is 1. The van der Waals surface area contributed by atoms with Crippen molar-refractivity contribution in [3.8, 4) is 11.3 Å². The number of rotatable bonds is 2. The zero-order valence-electron chi connectivity index (χ0n) is 14.6. The number of carbonyl (C=O) groups is 1. The van der Waals surface area contributed by atoms with Crippen LogP contribution in [0.25, 0.3) is 11.3 Å². The van der Waals surface area contributed by atoms with Gasteiger partial charge in [0, 0.05) is 24.6 Å². The van der Waals surface area contributed by atoms with E-state index in [9.17, 15) is 4.79 Å². The smallest absolute Gasteiger partial charge is 0.410 e. The molecule has 4 heteroatoms. The van der Waals surface area contributed by atoms with E-state index in [1.54, 1.807) is 6.26 Å². The van der Waals surface area contributed by atoms with Crippen LogP contribution in [0.3, 0.4) is 0 Å². The van der Waals surface area contributed by atoms with Crippen molar-refractivity contribution in [3.05, 3.63) is 48.2 Å². The Morgan fingerprint density at radius 2 is 1.96 bits per heavy atom. The van der Waals surface area contributed by atoms with E-state index in [0.717, 1.165) is 37.3 Å². The van der Waals surface area contributed by atoms with E-state index in [0.29, 0.717) is 5.92 Å². The monoisotopic (exact) mass is 327 g/mol. The van der Waals surface area contributed by atoms with Crippen LogP contribution in [0.4, 0.5) is 4.79 Å². The highest BCUT2D eigenvalue weighted by Gasteiger charge is 2.28. The van der Waals surface area contributed by atoms with Gasteiger partial charge in [0.25, 0.3) is 0 Å². The predicted molar refractivity (Wildman–Crippen MR) is 93.9 cm³/mol. The quantitative estimate of drug-likeness (QED) is 0.774. The number of likely N-dealkylation sites (tertiary alicyclic amines) is 1. The van der Waals surface area contributed by atoms with Gasteiger partial charge in [0.1, 0.15) is 11.4 Å². The van der Waals surface area contributed by atoms with E-state index >= 15 is 0 Å². The lowest BCUT2D eigenvalue weighted by atomic mass is 9.90. The van der Waals surface area contributed by atoms with E-state index in [4.69, 9.17) is 9.15 Å². The molecule has 0 bridgehead atoms. The molecule has 1 aliphatic heterocycles. The van der Waals surface area contributed by atoms with Gasteiger partial charge in [0.15, 0.2) is 0 Å². The Labute approximate surface area is 143 Å². The minimum atomic E-state index is -0.450. The summed E-state index contributed by atoms with van der Waals surface area (Å²) in [6.07, 6.45) is 3.58. The third-order valence-corrected chi connectivity index (χ3v) is 4.26. The van der Waals surface area contributed by atoms with Gasteiger partial charge in [-0.05, 0) is 51.3 Å². The van der Waals surface area contributed by atoms with Crippen LogP contribution in [0.2, 0.25) is 0 Å². The lowest BCUT2D eigenvalue weighted by Crippen LogP contribution is -2.42. The molecule has 2 heterocycles. The van der Waals surface area contributed by atoms with Crippen molar-refractivity contribution in [2.45, 2.75) is 45.1 Å². The molecule has 1 atom stereocenters. The van der Waals surface area contributed by atoms with Crippen LogP contribution in [-0.4, -0.2) is 29.7 Å². The number of benzene rings is 1. The molecule has 0 saturated carbocycles. The lowest BCUT2D eigenvalue weighted by Gasteiger charge is -2.34. The second-order valence-corrected chi connectivity index (χ2v) is 7.36. The minimum absolute atomic E-state index is 0.209. The fourth-order valence-corrected chi connectivity index (χ4v) is 3.10. The van der Waals surface area contributed by atoms with Crippen molar-refractivity contribution in [2.75, 3.05) is 13.1 Å². The maximum atomic E-state index is 12.3. The maximum Gasteiger partial charge on any atom is 0.410 e. The van der Waals surface area contributed by atoms with Gasteiger partial charge >= 0.3 is 6.09 Å². The normalized spacial score (nSPS) is 18.5. The highest BCUT2D eigenvalue weighted by Crippen LogP contribution is 2.29. The van der Waals surface area contributed by atoms with Gasteiger partial charge in [-0.25, -0.2) is 4.79 Å². The van der Waals surface area contributed by atoms with Crippen LogP contribution in [-0.2, 0) is 4.74 Å². The molecule has 2 aromatic rings. The average molecular weight is 327 g/mol. The summed E-state index contributed by atoms with van der Waals surface area (Å²) in [5.41, 5.74) is 1.89. The first-order valence-electron chi connectivity index (χ1n) is 8.54. The van der Waals surface area contributed by atoms with Crippen LogP contribution in [0.1, 0.15) is 45.1 Å². The molecule has 3 rings (SSSR count). The molecule has 1 saturated heterocycles. The molecule has 1 unspecified atom stereocenters. The molecule has 1 amide bonds. The van der Waals surface area contributed by atoms with Crippen molar-refractivity contribution in [2.24, 2.45) is 0 Å². The number of amides is 1. The molecule has 1 fully saturated rings. The third kappa shape index (κ3) is 3.99. The third-order valence-electron chi connectivity index (χ3n) is 4.26. The van der Waals surface area contributed by atoms with Crippen LogP contribution in [0, 0.1) is 0 Å². The standard InChI is InChI=1S/C20H25NO3/c1-20(2,3)24-19(22)21-12-4-6-17(14-21)15-8-10-16(11-9-15)18-7-5-13-23-18/h5,7-11,13,17H,4,6,12,14H2,1-3H3. The molecule has 1 aromatic carbocycles. The van der Waals surface area contributed by atoms with Gasteiger partial charge in [-0.2, -0.15) is 0 Å². The van der Waals surface area contributed by atoms with E-state index in [-0.39, 0.29) is 6.09 Å². The Hall–Kier alpha value is -2.23. The summed E-state index contributed by atoms with van der Waals surface area (Å²) in [6, 6.07) is 12.3. The van der Waals surface area contributed by atoms with Crippen LogP contribution < -0.4 is 0 Å². The first-order valence-corrected chi connectivity index (χ1v) is 8.54. The molecule has 1 aromatic heterocycles. The number of hydrogen-bond donors (Lipinski definition) is 0. The molecule has 0 radical (unpaired) electrons.